The van der Waals surface area contributed by atoms with E-state index in [1.54, 1.807) is 13.2 Å². The fourth-order valence-electron chi connectivity index (χ4n) is 1.70. The highest BCUT2D eigenvalue weighted by Gasteiger charge is 2.09. The third-order valence-corrected chi connectivity index (χ3v) is 2.59. The van der Waals surface area contributed by atoms with Gasteiger partial charge < -0.3 is 15.8 Å². The molecule has 0 fully saturated rings. The maximum atomic E-state index is 11.8. The van der Waals surface area contributed by atoms with E-state index in [0.29, 0.717) is 24.7 Å². The number of aromatic nitrogens is 1. The summed E-state index contributed by atoms with van der Waals surface area (Å²) in [5.41, 5.74) is 6.16. The average Bonchev–Trinajstić information content (AvgIpc) is 2.39. The summed E-state index contributed by atoms with van der Waals surface area (Å²) in [5, 5.41) is 4.47. The third-order valence-electron chi connectivity index (χ3n) is 2.59. The second-order valence-electron chi connectivity index (χ2n) is 3.86. The van der Waals surface area contributed by atoms with Crippen molar-refractivity contribution < 1.29 is 9.53 Å². The molecule has 1 aromatic heterocycles. The number of rotatable bonds is 4. The van der Waals surface area contributed by atoms with Gasteiger partial charge in [-0.2, -0.15) is 0 Å². The van der Waals surface area contributed by atoms with Gasteiger partial charge in [-0.3, -0.25) is 4.79 Å². The number of carbonyl (C=O) groups excluding carboxylic acids is 1. The van der Waals surface area contributed by atoms with Crippen LogP contribution in [-0.2, 0) is 4.74 Å². The fraction of sp³-hybridized carbons (Fsp3) is 0.231. The van der Waals surface area contributed by atoms with Crippen molar-refractivity contribution in [1.82, 2.24) is 10.3 Å². The number of pyridine rings is 1. The highest BCUT2D eigenvalue weighted by molar-refractivity contribution is 5.99. The minimum atomic E-state index is -0.246. The number of ether oxygens (including phenoxy) is 1. The predicted molar refractivity (Wildman–Crippen MR) is 70.4 cm³/mol. The van der Waals surface area contributed by atoms with E-state index < -0.39 is 0 Å². The van der Waals surface area contributed by atoms with Gasteiger partial charge in [-0.15, -0.1) is 0 Å². The minimum Gasteiger partial charge on any atom is -0.383 e. The predicted octanol–water partition coefficient (Wildman–Crippen LogP) is 1.19. The Kier molecular flexibility index (Phi) is 3.74. The molecule has 0 radical (unpaired) electrons. The van der Waals surface area contributed by atoms with Crippen molar-refractivity contribution in [2.24, 2.45) is 0 Å². The van der Waals surface area contributed by atoms with Gasteiger partial charge in [0.05, 0.1) is 6.61 Å². The molecular formula is C13H15N3O2. The lowest BCUT2D eigenvalue weighted by molar-refractivity contribution is 0.0932. The first-order valence-corrected chi connectivity index (χ1v) is 5.65. The van der Waals surface area contributed by atoms with Crippen LogP contribution in [0.3, 0.4) is 0 Å². The summed E-state index contributed by atoms with van der Waals surface area (Å²) in [4.78, 5) is 15.9. The van der Waals surface area contributed by atoms with Gasteiger partial charge in [-0.25, -0.2) is 4.98 Å². The first kappa shape index (κ1) is 12.3. The molecule has 2 aromatic rings. The molecule has 5 heteroatoms. The van der Waals surface area contributed by atoms with E-state index in [1.807, 2.05) is 24.3 Å². The standard InChI is InChI=1S/C13H15N3O2/c1-18-7-6-15-13(17)11-8-9-4-2-3-5-10(9)12(14)16-11/h2-5,8H,6-7H2,1H3,(H2,14,16)(H,15,17). The number of hydrogen-bond acceptors (Lipinski definition) is 4. The Morgan fingerprint density at radius 2 is 2.22 bits per heavy atom. The van der Waals surface area contributed by atoms with Crippen molar-refractivity contribution >= 4 is 22.5 Å². The maximum absolute atomic E-state index is 11.8. The Morgan fingerprint density at radius 3 is 3.00 bits per heavy atom. The van der Waals surface area contributed by atoms with Crippen LogP contribution in [0.4, 0.5) is 5.82 Å². The molecule has 0 saturated heterocycles. The van der Waals surface area contributed by atoms with Crippen molar-refractivity contribution in [3.8, 4) is 0 Å². The molecule has 1 amide bonds. The molecule has 0 aliphatic carbocycles. The molecule has 0 unspecified atom stereocenters. The van der Waals surface area contributed by atoms with Crippen molar-refractivity contribution in [3.63, 3.8) is 0 Å². The zero-order chi connectivity index (χ0) is 13.0. The normalized spacial score (nSPS) is 10.5. The zero-order valence-corrected chi connectivity index (χ0v) is 10.1. The Balaban J connectivity index is 2.26. The number of benzene rings is 1. The lowest BCUT2D eigenvalue weighted by Crippen LogP contribution is -2.27. The fourth-order valence-corrected chi connectivity index (χ4v) is 1.70. The first-order chi connectivity index (χ1) is 8.72. The molecule has 0 spiro atoms. The van der Waals surface area contributed by atoms with Crippen LogP contribution >= 0.6 is 0 Å². The van der Waals surface area contributed by atoms with Crippen LogP contribution in [0, 0.1) is 0 Å². The van der Waals surface area contributed by atoms with Gasteiger partial charge >= 0.3 is 0 Å². The van der Waals surface area contributed by atoms with Crippen LogP contribution < -0.4 is 11.1 Å². The summed E-state index contributed by atoms with van der Waals surface area (Å²) in [5.74, 6) is 0.120. The Labute approximate surface area is 105 Å². The highest BCUT2D eigenvalue weighted by atomic mass is 16.5. The van der Waals surface area contributed by atoms with E-state index in [9.17, 15) is 4.79 Å². The monoisotopic (exact) mass is 245 g/mol. The van der Waals surface area contributed by atoms with Crippen molar-refractivity contribution in [2.75, 3.05) is 26.0 Å². The van der Waals surface area contributed by atoms with Gasteiger partial charge in [0, 0.05) is 19.0 Å². The summed E-state index contributed by atoms with van der Waals surface area (Å²) < 4.78 is 4.86. The summed E-state index contributed by atoms with van der Waals surface area (Å²) in [6.07, 6.45) is 0. The summed E-state index contributed by atoms with van der Waals surface area (Å²) in [6.45, 7) is 0.915. The van der Waals surface area contributed by atoms with Crippen LogP contribution in [0.2, 0.25) is 0 Å². The van der Waals surface area contributed by atoms with Crippen LogP contribution in [0.5, 0.6) is 0 Å². The Morgan fingerprint density at radius 1 is 1.44 bits per heavy atom. The summed E-state index contributed by atoms with van der Waals surface area (Å²) >= 11 is 0. The third kappa shape index (κ3) is 2.57. The second kappa shape index (κ2) is 5.46. The summed E-state index contributed by atoms with van der Waals surface area (Å²) in [7, 11) is 1.58. The number of nitrogens with zero attached hydrogens (tertiary/aromatic N) is 1. The van der Waals surface area contributed by atoms with E-state index >= 15 is 0 Å². The van der Waals surface area contributed by atoms with Crippen LogP contribution in [0.25, 0.3) is 10.8 Å². The van der Waals surface area contributed by atoms with E-state index in [0.717, 1.165) is 10.8 Å². The summed E-state index contributed by atoms with van der Waals surface area (Å²) in [6, 6.07) is 9.30. The molecule has 3 N–H and O–H groups in total. The molecule has 2 rings (SSSR count). The Bertz CT molecular complexity index is 569. The Hall–Kier alpha value is -2.14. The molecule has 0 saturated carbocycles. The smallest absolute Gasteiger partial charge is 0.270 e. The molecule has 0 atom stereocenters. The minimum absolute atomic E-state index is 0.246. The largest absolute Gasteiger partial charge is 0.383 e. The van der Waals surface area contributed by atoms with Crippen molar-refractivity contribution in [1.29, 1.82) is 0 Å². The quantitative estimate of drug-likeness (QED) is 0.793. The van der Waals surface area contributed by atoms with E-state index in [4.69, 9.17) is 10.5 Å². The first-order valence-electron chi connectivity index (χ1n) is 5.65. The topological polar surface area (TPSA) is 77.2 Å². The number of fused-ring (bicyclic) bond motifs is 1. The van der Waals surface area contributed by atoms with Crippen molar-refractivity contribution in [2.45, 2.75) is 0 Å². The number of nitrogens with one attached hydrogen (secondary N) is 1. The number of amides is 1. The molecule has 18 heavy (non-hydrogen) atoms. The van der Waals surface area contributed by atoms with E-state index in [1.165, 1.54) is 0 Å². The molecule has 1 aromatic carbocycles. The molecule has 1 heterocycles. The van der Waals surface area contributed by atoms with E-state index in [2.05, 4.69) is 10.3 Å². The SMILES string of the molecule is COCCNC(=O)c1cc2ccccc2c(N)n1. The molecule has 0 aliphatic rings. The van der Waals surface area contributed by atoms with Gasteiger partial charge in [0.1, 0.15) is 11.5 Å². The molecule has 0 bridgehead atoms. The number of methoxy groups -OCH3 is 1. The van der Waals surface area contributed by atoms with Crippen LogP contribution in [0.1, 0.15) is 10.5 Å². The molecular weight excluding hydrogens is 230 g/mol. The van der Waals surface area contributed by atoms with Crippen molar-refractivity contribution in [3.05, 3.63) is 36.0 Å². The van der Waals surface area contributed by atoms with Gasteiger partial charge in [-0.1, -0.05) is 24.3 Å². The number of nitrogens with two attached hydrogens (primary N) is 1. The highest BCUT2D eigenvalue weighted by Crippen LogP contribution is 2.19. The van der Waals surface area contributed by atoms with Crippen LogP contribution in [-0.4, -0.2) is 31.2 Å². The van der Waals surface area contributed by atoms with Gasteiger partial charge in [0.15, 0.2) is 0 Å². The number of nitrogen functional groups attached to an aromatic ring is 1. The molecule has 94 valence electrons. The maximum Gasteiger partial charge on any atom is 0.270 e. The number of anilines is 1. The number of hydrogen-bond donors (Lipinski definition) is 2. The second-order valence-corrected chi connectivity index (χ2v) is 3.86. The number of carbonyl (C=O) groups is 1. The lowest BCUT2D eigenvalue weighted by Gasteiger charge is -2.07. The molecule has 0 aliphatic heterocycles. The van der Waals surface area contributed by atoms with Gasteiger partial charge in [-0.05, 0) is 11.5 Å². The van der Waals surface area contributed by atoms with E-state index in [-0.39, 0.29) is 5.91 Å². The average molecular weight is 245 g/mol. The molecule has 5 nitrogen and oxygen atoms in total. The van der Waals surface area contributed by atoms with Gasteiger partial charge in [0.25, 0.3) is 5.91 Å². The lowest BCUT2D eigenvalue weighted by atomic mass is 10.1. The van der Waals surface area contributed by atoms with Crippen LogP contribution in [0.15, 0.2) is 30.3 Å². The van der Waals surface area contributed by atoms with Gasteiger partial charge in [0.2, 0.25) is 0 Å². The zero-order valence-electron chi connectivity index (χ0n) is 10.1.